The van der Waals surface area contributed by atoms with Crippen LogP contribution >= 0.6 is 15.9 Å². The predicted molar refractivity (Wildman–Crippen MR) is 62.1 cm³/mol. The standard InChI is InChI=1S/C10H10BrN3/c11-8-10-5-2-1-4-9(10)6-3-7-13-14-12/h1-6H,7-8H2. The maximum absolute atomic E-state index is 8.08. The number of hydrogen-bond donors (Lipinski definition) is 0. The zero-order valence-corrected chi connectivity index (χ0v) is 9.18. The smallest absolute Gasteiger partial charge is 0.0443 e. The molecule has 0 saturated carbocycles. The summed E-state index contributed by atoms with van der Waals surface area (Å²) in [5.74, 6) is 0. The molecule has 0 aliphatic rings. The summed E-state index contributed by atoms with van der Waals surface area (Å²) in [5, 5.41) is 4.25. The molecule has 0 aromatic heterocycles. The number of benzene rings is 1. The third-order valence-electron chi connectivity index (χ3n) is 1.75. The van der Waals surface area contributed by atoms with Gasteiger partial charge in [-0.05, 0) is 16.7 Å². The Balaban J connectivity index is 2.74. The second-order valence-electron chi connectivity index (χ2n) is 2.65. The van der Waals surface area contributed by atoms with Crippen LogP contribution in [0, 0.1) is 0 Å². The van der Waals surface area contributed by atoms with E-state index in [0.29, 0.717) is 6.54 Å². The summed E-state index contributed by atoms with van der Waals surface area (Å²) in [6.45, 7) is 0.396. The van der Waals surface area contributed by atoms with E-state index < -0.39 is 0 Å². The number of alkyl halides is 1. The quantitative estimate of drug-likeness (QED) is 0.337. The molecule has 4 heteroatoms. The van der Waals surface area contributed by atoms with Crippen LogP contribution in [0.3, 0.4) is 0 Å². The van der Waals surface area contributed by atoms with E-state index in [2.05, 4.69) is 32.0 Å². The highest BCUT2D eigenvalue weighted by Gasteiger charge is 1.94. The molecule has 0 radical (unpaired) electrons. The minimum absolute atomic E-state index is 0.396. The van der Waals surface area contributed by atoms with Crippen molar-refractivity contribution in [2.75, 3.05) is 6.54 Å². The number of rotatable bonds is 4. The third kappa shape index (κ3) is 3.24. The lowest BCUT2D eigenvalue weighted by molar-refractivity contribution is 1.22. The fraction of sp³-hybridized carbons (Fsp3) is 0.200. The van der Waals surface area contributed by atoms with Crippen molar-refractivity contribution in [2.45, 2.75) is 5.33 Å². The van der Waals surface area contributed by atoms with Gasteiger partial charge in [-0.25, -0.2) is 0 Å². The van der Waals surface area contributed by atoms with Crippen molar-refractivity contribution in [3.63, 3.8) is 0 Å². The topological polar surface area (TPSA) is 48.8 Å². The highest BCUT2D eigenvalue weighted by molar-refractivity contribution is 9.08. The molecule has 1 aromatic rings. The molecule has 0 fully saturated rings. The van der Waals surface area contributed by atoms with Crippen molar-refractivity contribution in [3.8, 4) is 0 Å². The molecule has 0 bridgehead atoms. The average molecular weight is 252 g/mol. The minimum atomic E-state index is 0.396. The predicted octanol–water partition coefficient (Wildman–Crippen LogP) is 3.91. The number of nitrogens with zero attached hydrogens (tertiary/aromatic N) is 3. The van der Waals surface area contributed by atoms with E-state index in [0.717, 1.165) is 10.9 Å². The van der Waals surface area contributed by atoms with Crippen LogP contribution in [-0.4, -0.2) is 6.54 Å². The lowest BCUT2D eigenvalue weighted by Crippen LogP contribution is -1.82. The van der Waals surface area contributed by atoms with Crippen molar-refractivity contribution in [1.29, 1.82) is 0 Å². The lowest BCUT2D eigenvalue weighted by atomic mass is 10.1. The van der Waals surface area contributed by atoms with Gasteiger partial charge in [0.2, 0.25) is 0 Å². The molecular formula is C10H10BrN3. The summed E-state index contributed by atoms with van der Waals surface area (Å²) in [5.41, 5.74) is 10.5. The molecule has 0 unspecified atom stereocenters. The summed E-state index contributed by atoms with van der Waals surface area (Å²) < 4.78 is 0. The molecule has 14 heavy (non-hydrogen) atoms. The fourth-order valence-electron chi connectivity index (χ4n) is 1.08. The molecule has 0 aliphatic heterocycles. The lowest BCUT2D eigenvalue weighted by Gasteiger charge is -2.00. The van der Waals surface area contributed by atoms with Crippen LogP contribution in [0.4, 0.5) is 0 Å². The van der Waals surface area contributed by atoms with Crippen LogP contribution in [0.15, 0.2) is 35.5 Å². The summed E-state index contributed by atoms with van der Waals surface area (Å²) in [7, 11) is 0. The summed E-state index contributed by atoms with van der Waals surface area (Å²) in [6, 6.07) is 8.08. The Bertz CT molecular complexity index is 367. The number of hydrogen-bond acceptors (Lipinski definition) is 1. The molecule has 0 spiro atoms. The highest BCUT2D eigenvalue weighted by atomic mass is 79.9. The third-order valence-corrected chi connectivity index (χ3v) is 2.35. The van der Waals surface area contributed by atoms with E-state index in [-0.39, 0.29) is 0 Å². The maximum Gasteiger partial charge on any atom is 0.0443 e. The molecule has 0 amide bonds. The van der Waals surface area contributed by atoms with E-state index in [1.54, 1.807) is 0 Å². The van der Waals surface area contributed by atoms with Crippen LogP contribution in [0.1, 0.15) is 11.1 Å². The van der Waals surface area contributed by atoms with Gasteiger partial charge in [-0.2, -0.15) is 0 Å². The monoisotopic (exact) mass is 251 g/mol. The van der Waals surface area contributed by atoms with Gasteiger partial charge in [0.25, 0.3) is 0 Å². The highest BCUT2D eigenvalue weighted by Crippen LogP contribution is 2.13. The Morgan fingerprint density at radius 3 is 2.93 bits per heavy atom. The van der Waals surface area contributed by atoms with Gasteiger partial charge in [0.15, 0.2) is 0 Å². The van der Waals surface area contributed by atoms with Gasteiger partial charge in [-0.3, -0.25) is 0 Å². The Hall–Kier alpha value is -1.25. The van der Waals surface area contributed by atoms with Crippen LogP contribution in [0.2, 0.25) is 0 Å². The van der Waals surface area contributed by atoms with Crippen molar-refractivity contribution in [2.24, 2.45) is 5.11 Å². The zero-order valence-electron chi connectivity index (χ0n) is 7.60. The van der Waals surface area contributed by atoms with E-state index in [1.807, 2.05) is 30.4 Å². The summed E-state index contributed by atoms with van der Waals surface area (Å²) in [4.78, 5) is 2.67. The van der Waals surface area contributed by atoms with Gasteiger partial charge in [0, 0.05) is 16.8 Å². The Kier molecular flexibility index (Phi) is 4.83. The SMILES string of the molecule is [N-]=[N+]=NCC=Cc1ccccc1CBr. The molecule has 0 atom stereocenters. The van der Waals surface area contributed by atoms with E-state index >= 15 is 0 Å². The maximum atomic E-state index is 8.08. The molecular weight excluding hydrogens is 242 g/mol. The van der Waals surface area contributed by atoms with Gasteiger partial charge in [0.1, 0.15) is 0 Å². The van der Waals surface area contributed by atoms with E-state index in [1.165, 1.54) is 5.56 Å². The van der Waals surface area contributed by atoms with Crippen LogP contribution < -0.4 is 0 Å². The van der Waals surface area contributed by atoms with Crippen molar-refractivity contribution < 1.29 is 0 Å². The first-order valence-electron chi connectivity index (χ1n) is 4.19. The van der Waals surface area contributed by atoms with Crippen LogP contribution in [-0.2, 0) is 5.33 Å². The van der Waals surface area contributed by atoms with Crippen molar-refractivity contribution >= 4 is 22.0 Å². The molecule has 1 aromatic carbocycles. The normalized spacial score (nSPS) is 10.1. The Labute approximate surface area is 91.2 Å². The van der Waals surface area contributed by atoms with Gasteiger partial charge in [-0.15, -0.1) is 0 Å². The molecule has 3 nitrogen and oxygen atoms in total. The summed E-state index contributed by atoms with van der Waals surface area (Å²) in [6.07, 6.45) is 3.81. The second-order valence-corrected chi connectivity index (χ2v) is 3.21. The van der Waals surface area contributed by atoms with Crippen LogP contribution in [0.5, 0.6) is 0 Å². The number of halogens is 1. The largest absolute Gasteiger partial charge is 0.0899 e. The molecule has 0 heterocycles. The first kappa shape index (κ1) is 10.8. The Morgan fingerprint density at radius 1 is 1.43 bits per heavy atom. The fourth-order valence-corrected chi connectivity index (χ4v) is 1.59. The number of azide groups is 1. The van der Waals surface area contributed by atoms with Gasteiger partial charge in [-0.1, -0.05) is 57.5 Å². The molecule has 0 saturated heterocycles. The van der Waals surface area contributed by atoms with Gasteiger partial charge < -0.3 is 0 Å². The van der Waals surface area contributed by atoms with Crippen molar-refractivity contribution in [1.82, 2.24) is 0 Å². The summed E-state index contributed by atoms with van der Waals surface area (Å²) >= 11 is 3.42. The molecule has 72 valence electrons. The van der Waals surface area contributed by atoms with Crippen LogP contribution in [0.25, 0.3) is 16.5 Å². The van der Waals surface area contributed by atoms with Gasteiger partial charge in [0.05, 0.1) is 0 Å². The van der Waals surface area contributed by atoms with E-state index in [9.17, 15) is 0 Å². The first-order valence-corrected chi connectivity index (χ1v) is 5.32. The van der Waals surface area contributed by atoms with Gasteiger partial charge >= 0.3 is 0 Å². The minimum Gasteiger partial charge on any atom is -0.0899 e. The average Bonchev–Trinajstić information content (AvgIpc) is 2.25. The second kappa shape index (κ2) is 6.24. The molecule has 1 rings (SSSR count). The zero-order chi connectivity index (χ0) is 10.2. The molecule has 0 aliphatic carbocycles. The Morgan fingerprint density at radius 2 is 2.21 bits per heavy atom. The van der Waals surface area contributed by atoms with Crippen molar-refractivity contribution in [3.05, 3.63) is 51.9 Å². The first-order chi connectivity index (χ1) is 6.88. The van der Waals surface area contributed by atoms with E-state index in [4.69, 9.17) is 5.53 Å². The molecule has 0 N–H and O–H groups in total.